The van der Waals surface area contributed by atoms with E-state index >= 15 is 0 Å². The molecule has 4 heteroatoms. The standard InChI is InChI=1S/C9H16N4/c1-7(2)12-3-4-13-9(6-12)8(10)5-11-13/h5,7H,3-4,6,10H2,1-2H3. The molecule has 0 amide bonds. The van der Waals surface area contributed by atoms with Gasteiger partial charge in [-0.15, -0.1) is 0 Å². The van der Waals surface area contributed by atoms with Crippen LogP contribution in [0.15, 0.2) is 6.20 Å². The van der Waals surface area contributed by atoms with Gasteiger partial charge in [0.05, 0.1) is 24.1 Å². The fourth-order valence-corrected chi connectivity index (χ4v) is 1.73. The van der Waals surface area contributed by atoms with Gasteiger partial charge in [-0.2, -0.15) is 5.10 Å². The van der Waals surface area contributed by atoms with Gasteiger partial charge in [0.15, 0.2) is 0 Å². The van der Waals surface area contributed by atoms with E-state index in [1.54, 1.807) is 6.20 Å². The number of nitrogens with two attached hydrogens (primary N) is 1. The number of nitrogens with zero attached hydrogens (tertiary/aromatic N) is 3. The molecule has 0 aliphatic carbocycles. The molecule has 13 heavy (non-hydrogen) atoms. The Balaban J connectivity index is 2.22. The molecule has 1 aliphatic rings. The smallest absolute Gasteiger partial charge is 0.0754 e. The Kier molecular flexibility index (Phi) is 2.00. The Morgan fingerprint density at radius 3 is 2.92 bits per heavy atom. The van der Waals surface area contributed by atoms with Crippen LogP contribution in [0.25, 0.3) is 0 Å². The van der Waals surface area contributed by atoms with Crippen molar-refractivity contribution < 1.29 is 0 Å². The topological polar surface area (TPSA) is 47.1 Å². The van der Waals surface area contributed by atoms with Crippen LogP contribution < -0.4 is 5.73 Å². The van der Waals surface area contributed by atoms with E-state index in [4.69, 9.17) is 5.73 Å². The maximum absolute atomic E-state index is 5.81. The summed E-state index contributed by atoms with van der Waals surface area (Å²) < 4.78 is 2.01. The molecular formula is C9H16N4. The summed E-state index contributed by atoms with van der Waals surface area (Å²) in [6.07, 6.45) is 1.75. The van der Waals surface area contributed by atoms with Crippen molar-refractivity contribution in [1.82, 2.24) is 14.7 Å². The summed E-state index contributed by atoms with van der Waals surface area (Å²) in [6.45, 7) is 7.39. The van der Waals surface area contributed by atoms with E-state index in [9.17, 15) is 0 Å². The van der Waals surface area contributed by atoms with Gasteiger partial charge in [-0.05, 0) is 13.8 Å². The number of hydrogen-bond acceptors (Lipinski definition) is 3. The molecule has 2 rings (SSSR count). The van der Waals surface area contributed by atoms with Gasteiger partial charge >= 0.3 is 0 Å². The number of rotatable bonds is 1. The number of nitrogen functional groups attached to an aromatic ring is 1. The summed E-state index contributed by atoms with van der Waals surface area (Å²) in [7, 11) is 0. The molecule has 4 nitrogen and oxygen atoms in total. The largest absolute Gasteiger partial charge is 0.396 e. The highest BCUT2D eigenvalue weighted by Crippen LogP contribution is 2.19. The van der Waals surface area contributed by atoms with Crippen LogP contribution in [0.3, 0.4) is 0 Å². The van der Waals surface area contributed by atoms with Gasteiger partial charge < -0.3 is 5.73 Å². The molecule has 2 N–H and O–H groups in total. The minimum Gasteiger partial charge on any atom is -0.396 e. The van der Waals surface area contributed by atoms with Crippen molar-refractivity contribution in [1.29, 1.82) is 0 Å². The molecule has 0 unspecified atom stereocenters. The monoisotopic (exact) mass is 180 g/mol. The summed E-state index contributed by atoms with van der Waals surface area (Å²) in [4.78, 5) is 2.41. The predicted molar refractivity (Wildman–Crippen MR) is 52.2 cm³/mol. The quantitative estimate of drug-likeness (QED) is 0.691. The van der Waals surface area contributed by atoms with E-state index in [2.05, 4.69) is 23.8 Å². The Labute approximate surface area is 78.3 Å². The fraction of sp³-hybridized carbons (Fsp3) is 0.667. The first-order valence-electron chi connectivity index (χ1n) is 4.72. The lowest BCUT2D eigenvalue weighted by Gasteiger charge is -2.30. The van der Waals surface area contributed by atoms with Crippen molar-refractivity contribution >= 4 is 5.69 Å². The van der Waals surface area contributed by atoms with Crippen LogP contribution in [-0.4, -0.2) is 27.3 Å². The summed E-state index contributed by atoms with van der Waals surface area (Å²) in [5.74, 6) is 0. The molecule has 0 radical (unpaired) electrons. The Bertz CT molecular complexity index is 303. The van der Waals surface area contributed by atoms with Gasteiger partial charge in [0.1, 0.15) is 0 Å². The van der Waals surface area contributed by atoms with Crippen LogP contribution in [0.4, 0.5) is 5.69 Å². The van der Waals surface area contributed by atoms with Crippen LogP contribution in [0.1, 0.15) is 19.5 Å². The molecule has 1 aromatic rings. The van der Waals surface area contributed by atoms with Crippen molar-refractivity contribution in [2.45, 2.75) is 33.0 Å². The molecule has 1 aromatic heterocycles. The molecule has 0 fully saturated rings. The average Bonchev–Trinajstić information content (AvgIpc) is 2.47. The molecule has 1 aliphatic heterocycles. The zero-order chi connectivity index (χ0) is 9.42. The van der Waals surface area contributed by atoms with Gasteiger partial charge in [0, 0.05) is 19.1 Å². The predicted octanol–water partition coefficient (Wildman–Crippen LogP) is 0.689. The Morgan fingerprint density at radius 2 is 2.23 bits per heavy atom. The van der Waals surface area contributed by atoms with Gasteiger partial charge in [0.2, 0.25) is 0 Å². The number of anilines is 1. The van der Waals surface area contributed by atoms with Gasteiger partial charge in [-0.3, -0.25) is 9.58 Å². The third-order valence-electron chi connectivity index (χ3n) is 2.66. The Hall–Kier alpha value is -1.03. The molecule has 72 valence electrons. The molecular weight excluding hydrogens is 164 g/mol. The second-order valence-corrected chi connectivity index (χ2v) is 3.83. The highest BCUT2D eigenvalue weighted by molar-refractivity contribution is 5.41. The van der Waals surface area contributed by atoms with E-state index in [0.29, 0.717) is 6.04 Å². The summed E-state index contributed by atoms with van der Waals surface area (Å²) in [6, 6.07) is 0.586. The third kappa shape index (κ3) is 1.42. The first-order valence-corrected chi connectivity index (χ1v) is 4.72. The highest BCUT2D eigenvalue weighted by atomic mass is 15.3. The molecule has 0 saturated heterocycles. The van der Waals surface area contributed by atoms with E-state index < -0.39 is 0 Å². The van der Waals surface area contributed by atoms with Crippen molar-refractivity contribution in [3.05, 3.63) is 11.9 Å². The van der Waals surface area contributed by atoms with Gasteiger partial charge in [-0.25, -0.2) is 0 Å². The fourth-order valence-electron chi connectivity index (χ4n) is 1.73. The SMILES string of the molecule is CC(C)N1CCn2ncc(N)c2C1. The lowest BCUT2D eigenvalue weighted by Crippen LogP contribution is -2.38. The molecule has 0 atom stereocenters. The molecule has 0 spiro atoms. The van der Waals surface area contributed by atoms with E-state index in [1.807, 2.05) is 4.68 Å². The molecule has 0 saturated carbocycles. The molecule has 0 aromatic carbocycles. The summed E-state index contributed by atoms with van der Waals surface area (Å²) >= 11 is 0. The van der Waals surface area contributed by atoms with Crippen LogP contribution in [0, 0.1) is 0 Å². The van der Waals surface area contributed by atoms with E-state index in [1.165, 1.54) is 5.69 Å². The van der Waals surface area contributed by atoms with Crippen molar-refractivity contribution in [3.8, 4) is 0 Å². The maximum Gasteiger partial charge on any atom is 0.0754 e. The highest BCUT2D eigenvalue weighted by Gasteiger charge is 2.20. The minimum atomic E-state index is 0.586. The zero-order valence-electron chi connectivity index (χ0n) is 8.20. The van der Waals surface area contributed by atoms with Crippen LogP contribution in [0.5, 0.6) is 0 Å². The molecule has 0 bridgehead atoms. The lowest BCUT2D eigenvalue weighted by atomic mass is 10.2. The summed E-state index contributed by atoms with van der Waals surface area (Å²) in [5, 5.41) is 4.22. The maximum atomic E-state index is 5.81. The first kappa shape index (κ1) is 8.56. The van der Waals surface area contributed by atoms with Crippen LogP contribution in [-0.2, 0) is 13.1 Å². The van der Waals surface area contributed by atoms with Crippen molar-refractivity contribution in [3.63, 3.8) is 0 Å². The normalized spacial score (nSPS) is 17.8. The second kappa shape index (κ2) is 3.03. The number of aromatic nitrogens is 2. The van der Waals surface area contributed by atoms with Crippen LogP contribution >= 0.6 is 0 Å². The summed E-state index contributed by atoms with van der Waals surface area (Å²) in [5.41, 5.74) is 7.80. The Morgan fingerprint density at radius 1 is 1.46 bits per heavy atom. The van der Waals surface area contributed by atoms with Gasteiger partial charge in [0.25, 0.3) is 0 Å². The number of hydrogen-bond donors (Lipinski definition) is 1. The van der Waals surface area contributed by atoms with Crippen LogP contribution in [0.2, 0.25) is 0 Å². The van der Waals surface area contributed by atoms with E-state index in [0.717, 1.165) is 25.3 Å². The van der Waals surface area contributed by atoms with Crippen molar-refractivity contribution in [2.75, 3.05) is 12.3 Å². The lowest BCUT2D eigenvalue weighted by molar-refractivity contribution is 0.171. The second-order valence-electron chi connectivity index (χ2n) is 3.83. The number of fused-ring (bicyclic) bond motifs is 1. The molecule has 2 heterocycles. The third-order valence-corrected chi connectivity index (χ3v) is 2.66. The van der Waals surface area contributed by atoms with Gasteiger partial charge in [-0.1, -0.05) is 0 Å². The minimum absolute atomic E-state index is 0.586. The average molecular weight is 180 g/mol. The van der Waals surface area contributed by atoms with E-state index in [-0.39, 0.29) is 0 Å². The van der Waals surface area contributed by atoms with Crippen molar-refractivity contribution in [2.24, 2.45) is 0 Å². The first-order chi connectivity index (χ1) is 6.18. The zero-order valence-corrected chi connectivity index (χ0v) is 8.20.